The van der Waals surface area contributed by atoms with Crippen molar-refractivity contribution in [1.82, 2.24) is 24.6 Å². The molecule has 2 aromatic heterocycles. The van der Waals surface area contributed by atoms with Crippen LogP contribution in [0.1, 0.15) is 36.9 Å². The minimum atomic E-state index is -0.282. The molecular weight excluding hydrogens is 398 g/mol. The van der Waals surface area contributed by atoms with Crippen molar-refractivity contribution in [2.75, 3.05) is 32.7 Å². The van der Waals surface area contributed by atoms with Gasteiger partial charge in [0, 0.05) is 56.3 Å². The number of benzene rings is 1. The molecule has 2 fully saturated rings. The summed E-state index contributed by atoms with van der Waals surface area (Å²) in [6.45, 7) is 7.34. The lowest BCUT2D eigenvalue weighted by Gasteiger charge is -2.44. The second-order valence-corrected chi connectivity index (χ2v) is 9.37. The Morgan fingerprint density at radius 2 is 1.69 bits per heavy atom. The Morgan fingerprint density at radius 1 is 0.875 bits per heavy atom. The van der Waals surface area contributed by atoms with Crippen LogP contribution in [-0.2, 0) is 18.7 Å². The maximum atomic E-state index is 6.77. The van der Waals surface area contributed by atoms with Gasteiger partial charge in [-0.2, -0.15) is 5.10 Å². The van der Waals surface area contributed by atoms with Crippen LogP contribution in [0, 0.1) is 0 Å². The molecule has 0 aliphatic carbocycles. The average Bonchev–Trinajstić information content (AvgIpc) is 3.51. The third-order valence-corrected chi connectivity index (χ3v) is 7.38. The summed E-state index contributed by atoms with van der Waals surface area (Å²) in [4.78, 5) is 9.56. The Kier molecular flexibility index (Phi) is 5.20. The van der Waals surface area contributed by atoms with Crippen molar-refractivity contribution in [3.63, 3.8) is 0 Å². The van der Waals surface area contributed by atoms with Crippen LogP contribution in [0.25, 0.3) is 11.3 Å². The molecule has 2 saturated heterocycles. The van der Waals surface area contributed by atoms with Crippen LogP contribution < -0.4 is 4.74 Å². The van der Waals surface area contributed by atoms with E-state index in [1.807, 2.05) is 12.3 Å². The number of hydrogen-bond acceptors (Lipinski definition) is 5. The van der Waals surface area contributed by atoms with Gasteiger partial charge in [0.2, 0.25) is 0 Å². The zero-order chi connectivity index (χ0) is 21.4. The molecular formula is C26H31N5O. The van der Waals surface area contributed by atoms with Crippen molar-refractivity contribution in [3.05, 3.63) is 66.1 Å². The Morgan fingerprint density at radius 3 is 2.50 bits per heavy atom. The first kappa shape index (κ1) is 19.9. The van der Waals surface area contributed by atoms with E-state index in [9.17, 15) is 0 Å². The predicted octanol–water partition coefficient (Wildman–Crippen LogP) is 3.92. The van der Waals surface area contributed by atoms with Gasteiger partial charge in [0.05, 0.1) is 24.1 Å². The van der Waals surface area contributed by atoms with Crippen molar-refractivity contribution in [2.45, 2.75) is 44.4 Å². The van der Waals surface area contributed by atoms with Gasteiger partial charge in [0.15, 0.2) is 0 Å². The fourth-order valence-corrected chi connectivity index (χ4v) is 5.60. The second-order valence-electron chi connectivity index (χ2n) is 9.37. The van der Waals surface area contributed by atoms with Gasteiger partial charge in [0.1, 0.15) is 11.4 Å². The SMILES string of the molecule is c1ccc(CN2CCC3(CC2)Oc2ccccc2-c2c3cnn2CCN2CCCC2)nc1. The van der Waals surface area contributed by atoms with Crippen molar-refractivity contribution in [2.24, 2.45) is 0 Å². The van der Waals surface area contributed by atoms with Gasteiger partial charge in [-0.05, 0) is 50.2 Å². The Balaban J connectivity index is 1.26. The van der Waals surface area contributed by atoms with E-state index in [2.05, 4.69) is 62.1 Å². The van der Waals surface area contributed by atoms with Gasteiger partial charge in [0.25, 0.3) is 0 Å². The van der Waals surface area contributed by atoms with Crippen LogP contribution in [0.4, 0.5) is 0 Å². The van der Waals surface area contributed by atoms with E-state index in [-0.39, 0.29) is 5.60 Å². The summed E-state index contributed by atoms with van der Waals surface area (Å²) in [6, 6.07) is 14.7. The quantitative estimate of drug-likeness (QED) is 0.615. The predicted molar refractivity (Wildman–Crippen MR) is 124 cm³/mol. The maximum absolute atomic E-state index is 6.77. The monoisotopic (exact) mass is 429 g/mol. The molecule has 166 valence electrons. The number of fused-ring (bicyclic) bond motifs is 4. The van der Waals surface area contributed by atoms with Crippen molar-refractivity contribution in [1.29, 1.82) is 0 Å². The van der Waals surface area contributed by atoms with Crippen molar-refractivity contribution in [3.8, 4) is 17.0 Å². The van der Waals surface area contributed by atoms with E-state index >= 15 is 0 Å². The fraction of sp³-hybridized carbons (Fsp3) is 0.462. The summed E-state index contributed by atoms with van der Waals surface area (Å²) in [6.07, 6.45) is 8.56. The summed E-state index contributed by atoms with van der Waals surface area (Å²) >= 11 is 0. The van der Waals surface area contributed by atoms with Crippen LogP contribution in [0.5, 0.6) is 5.75 Å². The topological polar surface area (TPSA) is 46.4 Å². The van der Waals surface area contributed by atoms with Crippen LogP contribution in [0.2, 0.25) is 0 Å². The first-order valence-corrected chi connectivity index (χ1v) is 12.0. The summed E-state index contributed by atoms with van der Waals surface area (Å²) < 4.78 is 9.00. The van der Waals surface area contributed by atoms with Crippen LogP contribution >= 0.6 is 0 Å². The molecule has 3 aliphatic heterocycles. The van der Waals surface area contributed by atoms with Crippen molar-refractivity contribution < 1.29 is 4.74 Å². The largest absolute Gasteiger partial charge is 0.482 e. The smallest absolute Gasteiger partial charge is 0.140 e. The van der Waals surface area contributed by atoms with Crippen LogP contribution in [-0.4, -0.2) is 57.3 Å². The molecule has 32 heavy (non-hydrogen) atoms. The highest BCUT2D eigenvalue weighted by Gasteiger charge is 2.45. The minimum Gasteiger partial charge on any atom is -0.482 e. The normalized spacial score (nSPS) is 20.1. The van der Waals surface area contributed by atoms with E-state index in [0.717, 1.165) is 57.0 Å². The van der Waals surface area contributed by atoms with Crippen LogP contribution in [0.15, 0.2) is 54.9 Å². The molecule has 3 aliphatic rings. The maximum Gasteiger partial charge on any atom is 0.140 e. The summed E-state index contributed by atoms with van der Waals surface area (Å²) in [5, 5.41) is 4.88. The van der Waals surface area contributed by atoms with E-state index in [1.165, 1.54) is 42.8 Å². The molecule has 6 nitrogen and oxygen atoms in total. The summed E-state index contributed by atoms with van der Waals surface area (Å²) in [5.74, 6) is 1.00. The Labute approximate surface area is 189 Å². The fourth-order valence-electron chi connectivity index (χ4n) is 5.60. The zero-order valence-electron chi connectivity index (χ0n) is 18.6. The van der Waals surface area contributed by atoms with Gasteiger partial charge in [-0.15, -0.1) is 0 Å². The molecule has 0 atom stereocenters. The lowest BCUT2D eigenvalue weighted by atomic mass is 9.81. The number of ether oxygens (including phenoxy) is 1. The standard InChI is InChI=1S/C26H31N5O/c1-2-9-24-22(8-1)25-23(19-28-31(25)18-17-29-13-5-6-14-29)26(32-24)10-15-30(16-11-26)20-21-7-3-4-12-27-21/h1-4,7-9,12,19H,5-6,10-11,13-18,20H2. The molecule has 0 N–H and O–H groups in total. The summed E-state index contributed by atoms with van der Waals surface area (Å²) in [5.41, 5.74) is 4.58. The molecule has 0 unspecified atom stereocenters. The van der Waals surface area contributed by atoms with E-state index in [1.54, 1.807) is 0 Å². The molecule has 1 spiro atoms. The van der Waals surface area contributed by atoms with Crippen LogP contribution in [0.3, 0.4) is 0 Å². The van der Waals surface area contributed by atoms with E-state index in [0.29, 0.717) is 0 Å². The highest BCUT2D eigenvalue weighted by Crippen LogP contribution is 2.49. The molecule has 0 amide bonds. The first-order chi connectivity index (χ1) is 15.8. The van der Waals surface area contributed by atoms with Gasteiger partial charge >= 0.3 is 0 Å². The second kappa shape index (κ2) is 8.34. The number of hydrogen-bond donors (Lipinski definition) is 0. The number of likely N-dealkylation sites (tertiary alicyclic amines) is 2. The molecule has 5 heterocycles. The molecule has 6 rings (SSSR count). The summed E-state index contributed by atoms with van der Waals surface area (Å²) in [7, 11) is 0. The van der Waals surface area contributed by atoms with Gasteiger partial charge in [-0.25, -0.2) is 0 Å². The van der Waals surface area contributed by atoms with E-state index < -0.39 is 0 Å². The number of rotatable bonds is 5. The number of nitrogens with zero attached hydrogens (tertiary/aromatic N) is 5. The molecule has 1 aromatic carbocycles. The molecule has 0 radical (unpaired) electrons. The highest BCUT2D eigenvalue weighted by molar-refractivity contribution is 5.73. The molecule has 6 heteroatoms. The van der Waals surface area contributed by atoms with Crippen molar-refractivity contribution >= 4 is 0 Å². The third-order valence-electron chi connectivity index (χ3n) is 7.38. The molecule has 3 aromatic rings. The Bertz CT molecular complexity index is 1060. The zero-order valence-corrected chi connectivity index (χ0v) is 18.6. The first-order valence-electron chi connectivity index (χ1n) is 12.0. The van der Waals surface area contributed by atoms with Gasteiger partial charge in [-0.1, -0.05) is 18.2 Å². The lowest BCUT2D eigenvalue weighted by molar-refractivity contribution is -0.00724. The average molecular weight is 430 g/mol. The molecule has 0 saturated carbocycles. The third kappa shape index (κ3) is 3.61. The number of pyridine rings is 1. The molecule has 0 bridgehead atoms. The number of para-hydroxylation sites is 1. The van der Waals surface area contributed by atoms with Gasteiger partial charge < -0.3 is 9.64 Å². The lowest BCUT2D eigenvalue weighted by Crippen LogP contribution is -2.47. The number of piperidine rings is 1. The Hall–Kier alpha value is -2.70. The van der Waals surface area contributed by atoms with Gasteiger partial charge in [-0.3, -0.25) is 14.6 Å². The van der Waals surface area contributed by atoms with E-state index in [4.69, 9.17) is 9.84 Å². The highest BCUT2D eigenvalue weighted by atomic mass is 16.5. The number of aromatic nitrogens is 3. The minimum absolute atomic E-state index is 0.282.